The summed E-state index contributed by atoms with van der Waals surface area (Å²) in [5.41, 5.74) is 3.38. The number of aromatic carboxylic acids is 1. The van der Waals surface area contributed by atoms with E-state index in [1.54, 1.807) is 12.1 Å². The van der Waals surface area contributed by atoms with Crippen LogP contribution in [-0.2, 0) is 25.8 Å². The van der Waals surface area contributed by atoms with Crippen LogP contribution in [0.15, 0.2) is 24.3 Å². The lowest BCUT2D eigenvalue weighted by molar-refractivity contribution is 0.0688. The zero-order valence-electron chi connectivity index (χ0n) is 14.5. The van der Waals surface area contributed by atoms with Gasteiger partial charge in [-0.05, 0) is 56.3 Å². The third-order valence-electron chi connectivity index (χ3n) is 4.77. The number of nitrogens with zero attached hydrogens (tertiary/aromatic N) is 2. The third kappa shape index (κ3) is 4.02. The largest absolute Gasteiger partial charge is 0.508 e. The lowest BCUT2D eigenvalue weighted by Crippen LogP contribution is -2.36. The van der Waals surface area contributed by atoms with Gasteiger partial charge < -0.3 is 15.5 Å². The minimum atomic E-state index is -0.934. The van der Waals surface area contributed by atoms with Gasteiger partial charge in [0.1, 0.15) is 5.75 Å². The summed E-state index contributed by atoms with van der Waals surface area (Å²) >= 11 is 0. The van der Waals surface area contributed by atoms with Crippen molar-refractivity contribution < 1.29 is 15.0 Å². The monoisotopic (exact) mass is 343 g/mol. The van der Waals surface area contributed by atoms with E-state index in [9.17, 15) is 15.0 Å². The van der Waals surface area contributed by atoms with Crippen molar-refractivity contribution >= 4 is 5.97 Å². The Labute approximate surface area is 147 Å². The van der Waals surface area contributed by atoms with Gasteiger partial charge in [0.05, 0.1) is 0 Å². The third-order valence-corrected chi connectivity index (χ3v) is 4.77. The molecule has 0 amide bonds. The van der Waals surface area contributed by atoms with E-state index >= 15 is 0 Å². The molecular formula is C19H25N3O3. The number of aromatic hydroxyl groups is 1. The van der Waals surface area contributed by atoms with E-state index < -0.39 is 5.97 Å². The van der Waals surface area contributed by atoms with Crippen LogP contribution in [0.1, 0.15) is 47.1 Å². The first-order valence-electron chi connectivity index (χ1n) is 8.91. The number of fused-ring (bicyclic) bond motifs is 1. The molecule has 0 radical (unpaired) electrons. The van der Waals surface area contributed by atoms with Gasteiger partial charge in [0.25, 0.3) is 0 Å². The van der Waals surface area contributed by atoms with E-state index in [-0.39, 0.29) is 17.5 Å². The molecule has 1 aromatic carbocycles. The molecule has 1 heterocycles. The summed E-state index contributed by atoms with van der Waals surface area (Å²) in [7, 11) is 0. The van der Waals surface area contributed by atoms with Gasteiger partial charge >= 0.3 is 5.97 Å². The van der Waals surface area contributed by atoms with Gasteiger partial charge in [-0.3, -0.25) is 4.68 Å². The highest BCUT2D eigenvalue weighted by Gasteiger charge is 2.28. The minimum absolute atomic E-state index is 0.216. The van der Waals surface area contributed by atoms with Crippen LogP contribution in [0.25, 0.3) is 0 Å². The molecule has 1 aliphatic rings. The van der Waals surface area contributed by atoms with Crippen molar-refractivity contribution in [2.45, 2.75) is 51.6 Å². The zero-order valence-corrected chi connectivity index (χ0v) is 14.5. The van der Waals surface area contributed by atoms with Crippen LogP contribution in [0.3, 0.4) is 0 Å². The lowest BCUT2D eigenvalue weighted by Gasteiger charge is -2.24. The van der Waals surface area contributed by atoms with Gasteiger partial charge in [-0.15, -0.1) is 0 Å². The summed E-state index contributed by atoms with van der Waals surface area (Å²) in [4.78, 5) is 11.5. The van der Waals surface area contributed by atoms with Crippen molar-refractivity contribution in [1.82, 2.24) is 15.1 Å². The summed E-state index contributed by atoms with van der Waals surface area (Å²) in [6.45, 7) is 3.68. The maximum absolute atomic E-state index is 11.5. The minimum Gasteiger partial charge on any atom is -0.508 e. The molecule has 0 saturated carbocycles. The highest BCUT2D eigenvalue weighted by molar-refractivity contribution is 5.87. The molecule has 3 rings (SSSR count). The van der Waals surface area contributed by atoms with Gasteiger partial charge in [0.15, 0.2) is 5.69 Å². The average Bonchev–Trinajstić information content (AvgIpc) is 2.95. The molecular weight excluding hydrogens is 318 g/mol. The van der Waals surface area contributed by atoms with Crippen LogP contribution in [0.4, 0.5) is 0 Å². The Bertz CT molecular complexity index is 737. The number of rotatable bonds is 7. The SMILES string of the molecule is CCCn1nc(C(=O)O)c2c1CC[C@@H](NCCc1ccc(O)cc1)C2. The Balaban J connectivity index is 1.62. The predicted octanol–water partition coefficient (Wildman–Crippen LogP) is 2.39. The molecule has 0 spiro atoms. The van der Waals surface area contributed by atoms with Crippen molar-refractivity contribution in [3.63, 3.8) is 0 Å². The zero-order chi connectivity index (χ0) is 17.8. The first-order valence-corrected chi connectivity index (χ1v) is 8.91. The number of phenolic OH excluding ortho intramolecular Hbond substituents is 1. The van der Waals surface area contributed by atoms with Crippen LogP contribution in [-0.4, -0.2) is 38.5 Å². The van der Waals surface area contributed by atoms with Crippen molar-refractivity contribution in [1.29, 1.82) is 0 Å². The summed E-state index contributed by atoms with van der Waals surface area (Å²) in [6.07, 6.45) is 4.41. The molecule has 2 aromatic rings. The number of phenols is 1. The maximum Gasteiger partial charge on any atom is 0.356 e. The molecule has 25 heavy (non-hydrogen) atoms. The highest BCUT2D eigenvalue weighted by atomic mass is 16.4. The van der Waals surface area contributed by atoms with Gasteiger partial charge in [-0.25, -0.2) is 4.79 Å². The first kappa shape index (κ1) is 17.5. The Kier molecular flexibility index (Phi) is 5.38. The Morgan fingerprint density at radius 1 is 1.36 bits per heavy atom. The number of benzene rings is 1. The van der Waals surface area contributed by atoms with E-state index in [0.717, 1.165) is 56.5 Å². The second-order valence-corrected chi connectivity index (χ2v) is 6.61. The first-order chi connectivity index (χ1) is 12.1. The molecule has 0 saturated heterocycles. The molecule has 6 nitrogen and oxygen atoms in total. The summed E-state index contributed by atoms with van der Waals surface area (Å²) in [6, 6.07) is 7.52. The molecule has 1 aliphatic carbocycles. The Hall–Kier alpha value is -2.34. The number of aromatic nitrogens is 2. The van der Waals surface area contributed by atoms with Crippen LogP contribution in [0.5, 0.6) is 5.75 Å². The number of carboxylic acids is 1. The fraction of sp³-hybridized carbons (Fsp3) is 0.474. The number of nitrogens with one attached hydrogen (secondary N) is 1. The number of aryl methyl sites for hydroxylation is 1. The van der Waals surface area contributed by atoms with Crippen molar-refractivity contribution in [2.24, 2.45) is 0 Å². The predicted molar refractivity (Wildman–Crippen MR) is 95.1 cm³/mol. The van der Waals surface area contributed by atoms with E-state index in [1.165, 1.54) is 5.56 Å². The van der Waals surface area contributed by atoms with Crippen LogP contribution in [0, 0.1) is 0 Å². The Morgan fingerprint density at radius 3 is 2.80 bits per heavy atom. The van der Waals surface area contributed by atoms with Crippen LogP contribution >= 0.6 is 0 Å². The molecule has 0 fully saturated rings. The quantitative estimate of drug-likeness (QED) is 0.718. The van der Waals surface area contributed by atoms with Crippen molar-refractivity contribution in [3.05, 3.63) is 46.8 Å². The van der Waals surface area contributed by atoms with Crippen LogP contribution < -0.4 is 5.32 Å². The fourth-order valence-electron chi connectivity index (χ4n) is 3.51. The smallest absolute Gasteiger partial charge is 0.356 e. The van der Waals surface area contributed by atoms with Gasteiger partial charge in [0, 0.05) is 23.8 Å². The van der Waals surface area contributed by atoms with Gasteiger partial charge in [-0.2, -0.15) is 5.10 Å². The summed E-state index contributed by atoms with van der Waals surface area (Å²) in [5.74, 6) is -0.655. The number of carboxylic acid groups (broad SMARTS) is 1. The van der Waals surface area contributed by atoms with Crippen molar-refractivity contribution in [2.75, 3.05) is 6.54 Å². The second kappa shape index (κ2) is 7.70. The molecule has 6 heteroatoms. The lowest BCUT2D eigenvalue weighted by atomic mass is 9.91. The maximum atomic E-state index is 11.5. The van der Waals surface area contributed by atoms with E-state index in [2.05, 4.69) is 17.3 Å². The second-order valence-electron chi connectivity index (χ2n) is 6.61. The summed E-state index contributed by atoms with van der Waals surface area (Å²) < 4.78 is 1.88. The van der Waals surface area contributed by atoms with E-state index in [4.69, 9.17) is 0 Å². The molecule has 0 bridgehead atoms. The Morgan fingerprint density at radius 2 is 2.12 bits per heavy atom. The number of hydrogen-bond donors (Lipinski definition) is 3. The molecule has 3 N–H and O–H groups in total. The topological polar surface area (TPSA) is 87.4 Å². The van der Waals surface area contributed by atoms with Gasteiger partial charge in [-0.1, -0.05) is 19.1 Å². The van der Waals surface area contributed by atoms with E-state index in [1.807, 2.05) is 16.8 Å². The molecule has 1 atom stereocenters. The van der Waals surface area contributed by atoms with Gasteiger partial charge in [0.2, 0.25) is 0 Å². The molecule has 1 aromatic heterocycles. The van der Waals surface area contributed by atoms with Crippen molar-refractivity contribution in [3.8, 4) is 5.75 Å². The molecule has 0 unspecified atom stereocenters. The number of hydrogen-bond acceptors (Lipinski definition) is 4. The highest BCUT2D eigenvalue weighted by Crippen LogP contribution is 2.25. The standard InChI is InChI=1S/C19H25N3O3/c1-2-11-22-17-8-5-14(12-16(17)18(21-22)19(24)25)20-10-9-13-3-6-15(23)7-4-13/h3-4,6-7,14,20,23H,2,5,8-12H2,1H3,(H,24,25)/t14-/m1/s1. The average molecular weight is 343 g/mol. The number of carbonyl (C=O) groups is 1. The molecule has 134 valence electrons. The normalized spacial score (nSPS) is 16.6. The molecule has 0 aliphatic heterocycles. The van der Waals surface area contributed by atoms with Crippen LogP contribution in [0.2, 0.25) is 0 Å². The van der Waals surface area contributed by atoms with E-state index in [0.29, 0.717) is 0 Å². The fourth-order valence-corrected chi connectivity index (χ4v) is 3.51. The summed E-state index contributed by atoms with van der Waals surface area (Å²) in [5, 5.41) is 26.6.